The third-order valence-electron chi connectivity index (χ3n) is 3.22. The van der Waals surface area contributed by atoms with E-state index in [4.69, 9.17) is 5.84 Å². The summed E-state index contributed by atoms with van der Waals surface area (Å²) in [7, 11) is 0. The molecule has 0 radical (unpaired) electrons. The zero-order valence-corrected chi connectivity index (χ0v) is 12.0. The summed E-state index contributed by atoms with van der Waals surface area (Å²) in [6.45, 7) is 11.7. The summed E-state index contributed by atoms with van der Waals surface area (Å²) in [5, 5.41) is 0. The highest BCUT2D eigenvalue weighted by Crippen LogP contribution is 2.09. The maximum atomic E-state index is 5.57. The van der Waals surface area contributed by atoms with E-state index in [1.165, 1.54) is 19.3 Å². The summed E-state index contributed by atoms with van der Waals surface area (Å²) in [6.07, 6.45) is 4.70. The van der Waals surface area contributed by atoms with Crippen LogP contribution in [0, 0.1) is 5.92 Å². The van der Waals surface area contributed by atoms with Crippen molar-refractivity contribution in [1.82, 2.24) is 10.3 Å². The summed E-state index contributed by atoms with van der Waals surface area (Å²) in [6, 6.07) is 0. The highest BCUT2D eigenvalue weighted by Gasteiger charge is 2.12. The van der Waals surface area contributed by atoms with Crippen LogP contribution in [-0.4, -0.2) is 30.5 Å². The van der Waals surface area contributed by atoms with Crippen molar-refractivity contribution in [3.05, 3.63) is 0 Å². The Hall–Kier alpha value is -0.770. The van der Waals surface area contributed by atoms with Crippen molar-refractivity contribution in [2.45, 2.75) is 53.4 Å². The van der Waals surface area contributed by atoms with Gasteiger partial charge < -0.3 is 4.90 Å². The minimum Gasteiger partial charge on any atom is -0.342 e. The van der Waals surface area contributed by atoms with Crippen LogP contribution in [-0.2, 0) is 0 Å². The van der Waals surface area contributed by atoms with Crippen LogP contribution in [0.5, 0.6) is 0 Å². The molecule has 4 heteroatoms. The molecule has 0 fully saturated rings. The molecule has 0 aliphatic rings. The fourth-order valence-corrected chi connectivity index (χ4v) is 1.80. The molecule has 0 aromatic heterocycles. The van der Waals surface area contributed by atoms with Gasteiger partial charge in [0.1, 0.15) is 0 Å². The lowest BCUT2D eigenvalue weighted by Gasteiger charge is -2.27. The number of nitrogens with one attached hydrogen (secondary N) is 1. The van der Waals surface area contributed by atoms with Crippen molar-refractivity contribution in [3.63, 3.8) is 0 Å². The molecule has 0 atom stereocenters. The van der Waals surface area contributed by atoms with Gasteiger partial charge in [-0.15, -0.1) is 0 Å². The standard InChI is InChI=1S/C13H30N4/c1-5-9-10-15-13(16-14)17(8-4)11-12(6-2)7-3/h12H,5-11,14H2,1-4H3,(H,15,16). The van der Waals surface area contributed by atoms with E-state index >= 15 is 0 Å². The summed E-state index contributed by atoms with van der Waals surface area (Å²) >= 11 is 0. The first-order valence-electron chi connectivity index (χ1n) is 6.99. The van der Waals surface area contributed by atoms with Gasteiger partial charge >= 0.3 is 0 Å². The molecule has 3 N–H and O–H groups in total. The highest BCUT2D eigenvalue weighted by molar-refractivity contribution is 5.79. The van der Waals surface area contributed by atoms with Crippen molar-refractivity contribution in [1.29, 1.82) is 0 Å². The number of guanidine groups is 1. The van der Waals surface area contributed by atoms with Crippen LogP contribution in [0.1, 0.15) is 53.4 Å². The minimum absolute atomic E-state index is 0.722. The van der Waals surface area contributed by atoms with Crippen LogP contribution in [0.4, 0.5) is 0 Å². The van der Waals surface area contributed by atoms with E-state index in [1.54, 1.807) is 0 Å². The first-order valence-corrected chi connectivity index (χ1v) is 6.99. The molecule has 0 aliphatic heterocycles. The monoisotopic (exact) mass is 242 g/mol. The summed E-state index contributed by atoms with van der Waals surface area (Å²) in [4.78, 5) is 6.77. The van der Waals surface area contributed by atoms with Crippen molar-refractivity contribution < 1.29 is 0 Å². The third-order valence-corrected chi connectivity index (χ3v) is 3.22. The summed E-state index contributed by atoms with van der Waals surface area (Å²) in [5.41, 5.74) is 2.74. The molecular formula is C13H30N4. The number of hydrogen-bond donors (Lipinski definition) is 2. The first-order chi connectivity index (χ1) is 8.23. The maximum absolute atomic E-state index is 5.57. The molecule has 17 heavy (non-hydrogen) atoms. The van der Waals surface area contributed by atoms with Gasteiger partial charge in [0.2, 0.25) is 5.96 Å². The molecule has 0 aromatic rings. The number of nitrogens with zero attached hydrogens (tertiary/aromatic N) is 2. The Morgan fingerprint density at radius 2 is 1.88 bits per heavy atom. The second kappa shape index (κ2) is 10.4. The van der Waals surface area contributed by atoms with Gasteiger partial charge in [-0.1, -0.05) is 40.0 Å². The van der Waals surface area contributed by atoms with Crippen LogP contribution in [0.25, 0.3) is 0 Å². The molecule has 0 saturated heterocycles. The van der Waals surface area contributed by atoms with Crippen LogP contribution >= 0.6 is 0 Å². The predicted octanol–water partition coefficient (Wildman–Crippen LogP) is 2.36. The zero-order valence-electron chi connectivity index (χ0n) is 12.0. The lowest BCUT2D eigenvalue weighted by Crippen LogP contribution is -2.46. The summed E-state index contributed by atoms with van der Waals surface area (Å²) < 4.78 is 0. The van der Waals surface area contributed by atoms with Gasteiger partial charge in [0.05, 0.1) is 0 Å². The number of hydrogen-bond acceptors (Lipinski definition) is 2. The SMILES string of the molecule is CCCCN=C(NN)N(CC)CC(CC)CC. The molecule has 4 nitrogen and oxygen atoms in total. The van der Waals surface area contributed by atoms with Crippen LogP contribution in [0.15, 0.2) is 4.99 Å². The average Bonchev–Trinajstić information content (AvgIpc) is 2.37. The van der Waals surface area contributed by atoms with Gasteiger partial charge in [-0.05, 0) is 19.3 Å². The number of aliphatic imine (C=N–C) groups is 1. The molecule has 0 aliphatic carbocycles. The van der Waals surface area contributed by atoms with Crippen molar-refractivity contribution in [2.75, 3.05) is 19.6 Å². The van der Waals surface area contributed by atoms with Gasteiger partial charge in [-0.3, -0.25) is 10.4 Å². The largest absolute Gasteiger partial charge is 0.342 e. The quantitative estimate of drug-likeness (QED) is 0.226. The highest BCUT2D eigenvalue weighted by atomic mass is 15.4. The fourth-order valence-electron chi connectivity index (χ4n) is 1.80. The van der Waals surface area contributed by atoms with Crippen LogP contribution < -0.4 is 11.3 Å². The molecular weight excluding hydrogens is 212 g/mol. The van der Waals surface area contributed by atoms with Crippen molar-refractivity contribution in [3.8, 4) is 0 Å². The van der Waals surface area contributed by atoms with Gasteiger partial charge in [0.25, 0.3) is 0 Å². The lowest BCUT2D eigenvalue weighted by atomic mass is 10.0. The minimum atomic E-state index is 0.722. The Balaban J connectivity index is 4.41. The number of unbranched alkanes of at least 4 members (excludes halogenated alkanes) is 1. The fraction of sp³-hybridized carbons (Fsp3) is 0.923. The molecule has 0 saturated carbocycles. The molecule has 0 amide bonds. The van der Waals surface area contributed by atoms with E-state index < -0.39 is 0 Å². The third kappa shape index (κ3) is 6.51. The zero-order chi connectivity index (χ0) is 13.1. The average molecular weight is 242 g/mol. The number of hydrazine groups is 1. The molecule has 0 heterocycles. The summed E-state index contributed by atoms with van der Waals surface area (Å²) in [5.74, 6) is 7.13. The Morgan fingerprint density at radius 1 is 1.24 bits per heavy atom. The molecule has 0 bridgehead atoms. The number of nitrogens with two attached hydrogens (primary N) is 1. The van der Waals surface area contributed by atoms with Crippen LogP contribution in [0.2, 0.25) is 0 Å². The van der Waals surface area contributed by atoms with E-state index in [-0.39, 0.29) is 0 Å². The van der Waals surface area contributed by atoms with Crippen molar-refractivity contribution in [2.24, 2.45) is 16.8 Å². The molecule has 0 spiro atoms. The Morgan fingerprint density at radius 3 is 2.29 bits per heavy atom. The Kier molecular flexibility index (Phi) is 9.92. The predicted molar refractivity (Wildman–Crippen MR) is 75.9 cm³/mol. The Bertz CT molecular complexity index is 200. The van der Waals surface area contributed by atoms with Crippen molar-refractivity contribution >= 4 is 5.96 Å². The van der Waals surface area contributed by atoms with E-state index in [0.717, 1.165) is 37.9 Å². The number of rotatable bonds is 8. The topological polar surface area (TPSA) is 53.6 Å². The molecule has 0 unspecified atom stereocenters. The van der Waals surface area contributed by atoms with E-state index in [0.29, 0.717) is 0 Å². The van der Waals surface area contributed by atoms with Gasteiger partial charge in [-0.2, -0.15) is 0 Å². The van der Waals surface area contributed by atoms with Gasteiger partial charge in [0.15, 0.2) is 0 Å². The van der Waals surface area contributed by atoms with E-state index in [2.05, 4.69) is 43.0 Å². The van der Waals surface area contributed by atoms with Gasteiger partial charge in [0, 0.05) is 19.6 Å². The molecule has 102 valence electrons. The molecule has 0 aromatic carbocycles. The van der Waals surface area contributed by atoms with Crippen LogP contribution in [0.3, 0.4) is 0 Å². The maximum Gasteiger partial charge on any atom is 0.208 e. The van der Waals surface area contributed by atoms with Gasteiger partial charge in [-0.25, -0.2) is 5.84 Å². The lowest BCUT2D eigenvalue weighted by molar-refractivity contribution is 0.326. The normalized spacial score (nSPS) is 12.0. The molecule has 0 rings (SSSR count). The second-order valence-electron chi connectivity index (χ2n) is 4.42. The smallest absolute Gasteiger partial charge is 0.208 e. The second-order valence-corrected chi connectivity index (χ2v) is 4.42. The first kappa shape index (κ1) is 16.2. The Labute approximate surface area is 107 Å². The van der Waals surface area contributed by atoms with E-state index in [1.807, 2.05) is 0 Å². The van der Waals surface area contributed by atoms with E-state index in [9.17, 15) is 0 Å².